The van der Waals surface area contributed by atoms with E-state index in [0.29, 0.717) is 17.7 Å². The Hall–Kier alpha value is -2.62. The molecular weight excluding hydrogens is 304 g/mol. The van der Waals surface area contributed by atoms with Crippen molar-refractivity contribution < 1.29 is 19.1 Å². The van der Waals surface area contributed by atoms with Crippen LogP contribution in [0.4, 0.5) is 0 Å². The average Bonchev–Trinajstić information content (AvgIpc) is 2.55. The van der Waals surface area contributed by atoms with Crippen molar-refractivity contribution >= 4 is 11.9 Å². The SMILES string of the molecule is CC(C)c1ccccc1OC(=O)C1(C)Cc2ccccc2C(=O)O1. The molecule has 3 rings (SSSR count). The number of cyclic esters (lactones) is 1. The molecule has 2 aromatic carbocycles. The minimum Gasteiger partial charge on any atom is -0.443 e. The van der Waals surface area contributed by atoms with Gasteiger partial charge in [0.15, 0.2) is 0 Å². The molecule has 0 bridgehead atoms. The van der Waals surface area contributed by atoms with Gasteiger partial charge in [-0.2, -0.15) is 0 Å². The number of carbonyl (C=O) groups is 2. The molecule has 0 aliphatic carbocycles. The van der Waals surface area contributed by atoms with E-state index >= 15 is 0 Å². The second kappa shape index (κ2) is 6.11. The van der Waals surface area contributed by atoms with Gasteiger partial charge in [-0.3, -0.25) is 0 Å². The van der Waals surface area contributed by atoms with Crippen LogP contribution < -0.4 is 4.74 Å². The number of benzene rings is 2. The Morgan fingerprint density at radius 3 is 2.54 bits per heavy atom. The molecule has 0 radical (unpaired) electrons. The lowest BCUT2D eigenvalue weighted by molar-refractivity contribution is -0.155. The Kier molecular flexibility index (Phi) is 4.14. The van der Waals surface area contributed by atoms with Crippen molar-refractivity contribution in [3.63, 3.8) is 0 Å². The van der Waals surface area contributed by atoms with Crippen molar-refractivity contribution in [3.05, 3.63) is 65.2 Å². The van der Waals surface area contributed by atoms with Crippen LogP contribution in [0.3, 0.4) is 0 Å². The van der Waals surface area contributed by atoms with E-state index < -0.39 is 17.5 Å². The number of fused-ring (bicyclic) bond motifs is 1. The van der Waals surface area contributed by atoms with E-state index in [4.69, 9.17) is 9.47 Å². The molecule has 24 heavy (non-hydrogen) atoms. The molecule has 124 valence electrons. The predicted octanol–water partition coefficient (Wildman–Crippen LogP) is 3.89. The zero-order valence-corrected chi connectivity index (χ0v) is 14.0. The van der Waals surface area contributed by atoms with Gasteiger partial charge in [-0.25, -0.2) is 9.59 Å². The van der Waals surface area contributed by atoms with E-state index in [9.17, 15) is 9.59 Å². The fraction of sp³-hybridized carbons (Fsp3) is 0.300. The molecule has 0 saturated carbocycles. The first-order valence-electron chi connectivity index (χ1n) is 8.03. The largest absolute Gasteiger partial charge is 0.443 e. The highest BCUT2D eigenvalue weighted by atomic mass is 16.6. The molecule has 1 atom stereocenters. The van der Waals surface area contributed by atoms with Crippen LogP contribution in [0.15, 0.2) is 48.5 Å². The summed E-state index contributed by atoms with van der Waals surface area (Å²) >= 11 is 0. The van der Waals surface area contributed by atoms with Crippen molar-refractivity contribution in [3.8, 4) is 5.75 Å². The number of hydrogen-bond acceptors (Lipinski definition) is 4. The number of esters is 2. The second-order valence-electron chi connectivity index (χ2n) is 6.54. The topological polar surface area (TPSA) is 52.6 Å². The number of para-hydroxylation sites is 1. The summed E-state index contributed by atoms with van der Waals surface area (Å²) in [4.78, 5) is 24.9. The van der Waals surface area contributed by atoms with Gasteiger partial charge in [-0.1, -0.05) is 50.2 Å². The van der Waals surface area contributed by atoms with Crippen LogP contribution in [-0.2, 0) is 16.0 Å². The molecule has 0 aromatic heterocycles. The molecule has 0 spiro atoms. The van der Waals surface area contributed by atoms with Crippen LogP contribution in [-0.4, -0.2) is 17.5 Å². The molecule has 0 N–H and O–H groups in total. The maximum Gasteiger partial charge on any atom is 0.356 e. The summed E-state index contributed by atoms with van der Waals surface area (Å²) in [5, 5.41) is 0. The van der Waals surface area contributed by atoms with Gasteiger partial charge >= 0.3 is 11.9 Å². The highest BCUT2D eigenvalue weighted by Crippen LogP contribution is 2.32. The molecule has 1 unspecified atom stereocenters. The lowest BCUT2D eigenvalue weighted by Crippen LogP contribution is -2.48. The van der Waals surface area contributed by atoms with Crippen LogP contribution in [0.25, 0.3) is 0 Å². The van der Waals surface area contributed by atoms with Gasteiger partial charge in [0.05, 0.1) is 5.56 Å². The standard InChI is InChI=1S/C20H20O4/c1-13(2)15-9-6-7-11-17(15)23-19(22)20(3)12-14-8-4-5-10-16(14)18(21)24-20/h4-11,13H,12H2,1-3H3. The zero-order valence-electron chi connectivity index (χ0n) is 14.0. The van der Waals surface area contributed by atoms with E-state index in [1.165, 1.54) is 0 Å². The Bertz CT molecular complexity index is 794. The highest BCUT2D eigenvalue weighted by molar-refractivity contribution is 5.96. The minimum atomic E-state index is -1.32. The number of carbonyl (C=O) groups excluding carboxylic acids is 2. The summed E-state index contributed by atoms with van der Waals surface area (Å²) in [6.07, 6.45) is 0.303. The molecule has 0 saturated heterocycles. The molecule has 0 fully saturated rings. The molecule has 1 aliphatic rings. The van der Waals surface area contributed by atoms with Crippen LogP contribution in [0.5, 0.6) is 5.75 Å². The quantitative estimate of drug-likeness (QED) is 0.635. The Morgan fingerprint density at radius 1 is 1.12 bits per heavy atom. The van der Waals surface area contributed by atoms with E-state index in [1.54, 1.807) is 25.1 Å². The minimum absolute atomic E-state index is 0.219. The van der Waals surface area contributed by atoms with Gasteiger partial charge in [0, 0.05) is 6.42 Å². The maximum absolute atomic E-state index is 12.7. The van der Waals surface area contributed by atoms with Crippen molar-refractivity contribution in [1.82, 2.24) is 0 Å². The molecule has 1 heterocycles. The number of hydrogen-bond donors (Lipinski definition) is 0. The first-order chi connectivity index (χ1) is 11.4. The number of ether oxygens (including phenoxy) is 2. The predicted molar refractivity (Wildman–Crippen MR) is 90.1 cm³/mol. The molecule has 2 aromatic rings. The van der Waals surface area contributed by atoms with Crippen molar-refractivity contribution in [2.24, 2.45) is 0 Å². The fourth-order valence-electron chi connectivity index (χ4n) is 2.90. The lowest BCUT2D eigenvalue weighted by atomic mass is 9.90. The lowest BCUT2D eigenvalue weighted by Gasteiger charge is -2.32. The third-order valence-corrected chi connectivity index (χ3v) is 4.26. The average molecular weight is 324 g/mol. The second-order valence-corrected chi connectivity index (χ2v) is 6.54. The summed E-state index contributed by atoms with van der Waals surface area (Å²) in [7, 11) is 0. The Morgan fingerprint density at radius 2 is 1.79 bits per heavy atom. The number of rotatable bonds is 3. The van der Waals surface area contributed by atoms with Gasteiger partial charge in [0.25, 0.3) is 0 Å². The molecular formula is C20H20O4. The summed E-state index contributed by atoms with van der Waals surface area (Å²) in [5.74, 6) is -0.322. The molecule has 4 nitrogen and oxygen atoms in total. The van der Waals surface area contributed by atoms with E-state index in [2.05, 4.69) is 0 Å². The van der Waals surface area contributed by atoms with Crippen molar-refractivity contribution in [2.45, 2.75) is 38.7 Å². The van der Waals surface area contributed by atoms with Crippen LogP contribution >= 0.6 is 0 Å². The van der Waals surface area contributed by atoms with Gasteiger partial charge < -0.3 is 9.47 Å². The zero-order chi connectivity index (χ0) is 17.3. The van der Waals surface area contributed by atoms with Crippen LogP contribution in [0, 0.1) is 0 Å². The molecule has 1 aliphatic heterocycles. The van der Waals surface area contributed by atoms with E-state index in [0.717, 1.165) is 11.1 Å². The first kappa shape index (κ1) is 16.2. The maximum atomic E-state index is 12.7. The third kappa shape index (κ3) is 2.92. The van der Waals surface area contributed by atoms with Gasteiger partial charge in [0.2, 0.25) is 5.60 Å². The Balaban J connectivity index is 1.87. The molecule has 0 amide bonds. The fourth-order valence-corrected chi connectivity index (χ4v) is 2.90. The smallest absolute Gasteiger partial charge is 0.356 e. The van der Waals surface area contributed by atoms with E-state index in [1.807, 2.05) is 44.2 Å². The third-order valence-electron chi connectivity index (χ3n) is 4.26. The van der Waals surface area contributed by atoms with Crippen molar-refractivity contribution in [2.75, 3.05) is 0 Å². The first-order valence-corrected chi connectivity index (χ1v) is 8.03. The van der Waals surface area contributed by atoms with Gasteiger partial charge in [0.1, 0.15) is 5.75 Å². The summed E-state index contributed by atoms with van der Waals surface area (Å²) in [6, 6.07) is 14.6. The van der Waals surface area contributed by atoms with Gasteiger partial charge in [-0.15, -0.1) is 0 Å². The monoisotopic (exact) mass is 324 g/mol. The van der Waals surface area contributed by atoms with Crippen molar-refractivity contribution in [1.29, 1.82) is 0 Å². The summed E-state index contributed by atoms with van der Waals surface area (Å²) < 4.78 is 11.0. The van der Waals surface area contributed by atoms with E-state index in [-0.39, 0.29) is 5.92 Å². The normalized spacial score (nSPS) is 19.6. The van der Waals surface area contributed by atoms with Gasteiger partial charge in [-0.05, 0) is 36.1 Å². The summed E-state index contributed by atoms with van der Waals surface area (Å²) in [6.45, 7) is 5.66. The van der Waals surface area contributed by atoms with Crippen LogP contribution in [0.2, 0.25) is 0 Å². The van der Waals surface area contributed by atoms with Crippen LogP contribution in [0.1, 0.15) is 48.2 Å². The summed E-state index contributed by atoms with van der Waals surface area (Å²) in [5.41, 5.74) is 0.919. The Labute approximate surface area is 141 Å². The highest BCUT2D eigenvalue weighted by Gasteiger charge is 2.44. The molecule has 4 heteroatoms.